The summed E-state index contributed by atoms with van der Waals surface area (Å²) in [5.74, 6) is 0.599. The highest BCUT2D eigenvalue weighted by Crippen LogP contribution is 2.41. The number of hydrogen-bond donors (Lipinski definition) is 2. The van der Waals surface area contributed by atoms with Crippen molar-refractivity contribution in [3.05, 3.63) is 23.3 Å². The van der Waals surface area contributed by atoms with E-state index in [1.165, 1.54) is 0 Å². The Morgan fingerprint density at radius 1 is 1.29 bits per heavy atom. The van der Waals surface area contributed by atoms with Gasteiger partial charge in [-0.15, -0.1) is 11.6 Å². The van der Waals surface area contributed by atoms with Crippen molar-refractivity contribution in [3.8, 4) is 11.5 Å². The molecule has 0 aromatic heterocycles. The summed E-state index contributed by atoms with van der Waals surface area (Å²) in [7, 11) is 0. The molecule has 118 valence electrons. The average Bonchev–Trinajstić information content (AvgIpc) is 2.62. The van der Waals surface area contributed by atoms with Crippen LogP contribution in [0, 0.1) is 0 Å². The first kappa shape index (κ1) is 16.4. The van der Waals surface area contributed by atoms with Gasteiger partial charge in [-0.05, 0) is 42.0 Å². The fraction of sp³-hybridized carbons (Fsp3) is 0.625. The van der Waals surface area contributed by atoms with Gasteiger partial charge in [0.05, 0.1) is 13.2 Å². The van der Waals surface area contributed by atoms with E-state index in [0.717, 1.165) is 30.4 Å². The third-order valence-corrected chi connectivity index (χ3v) is 4.03. The van der Waals surface area contributed by atoms with Crippen molar-refractivity contribution in [2.24, 2.45) is 0 Å². The quantitative estimate of drug-likeness (QED) is 0.477. The zero-order valence-corrected chi connectivity index (χ0v) is 13.1. The number of rotatable bonds is 6. The summed E-state index contributed by atoms with van der Waals surface area (Å²) in [5, 5.41) is 19.6. The van der Waals surface area contributed by atoms with E-state index < -0.39 is 0 Å². The van der Waals surface area contributed by atoms with E-state index in [-0.39, 0.29) is 17.6 Å². The Morgan fingerprint density at radius 2 is 2.00 bits per heavy atom. The van der Waals surface area contributed by atoms with E-state index >= 15 is 0 Å². The molecule has 0 saturated carbocycles. The van der Waals surface area contributed by atoms with Gasteiger partial charge in [0.15, 0.2) is 11.5 Å². The predicted octanol–water partition coefficient (Wildman–Crippen LogP) is 3.70. The Hall–Kier alpha value is -0.970. The van der Waals surface area contributed by atoms with E-state index in [1.807, 2.05) is 0 Å². The number of hydrogen-bond acceptors (Lipinski definition) is 4. The Bertz CT molecular complexity index is 464. The van der Waals surface area contributed by atoms with Crippen molar-refractivity contribution in [3.63, 3.8) is 0 Å². The van der Waals surface area contributed by atoms with Gasteiger partial charge in [0.1, 0.15) is 6.10 Å². The maximum Gasteiger partial charge on any atom is 0.157 e. The fourth-order valence-corrected chi connectivity index (χ4v) is 2.98. The summed E-state index contributed by atoms with van der Waals surface area (Å²) in [5.41, 5.74) is 1.97. The molecule has 2 atom stereocenters. The first-order valence-electron chi connectivity index (χ1n) is 7.48. The third kappa shape index (κ3) is 4.02. The van der Waals surface area contributed by atoms with Gasteiger partial charge in [0.2, 0.25) is 0 Å². The van der Waals surface area contributed by atoms with E-state index in [9.17, 15) is 10.2 Å². The van der Waals surface area contributed by atoms with Crippen LogP contribution >= 0.6 is 11.6 Å². The number of fused-ring (bicyclic) bond motifs is 1. The smallest absolute Gasteiger partial charge is 0.157 e. The van der Waals surface area contributed by atoms with Gasteiger partial charge < -0.3 is 19.7 Å². The number of halogens is 1. The van der Waals surface area contributed by atoms with Crippen molar-refractivity contribution >= 4 is 11.6 Å². The van der Waals surface area contributed by atoms with Crippen LogP contribution in [0.2, 0.25) is 0 Å². The average molecular weight is 315 g/mol. The van der Waals surface area contributed by atoms with Gasteiger partial charge in [-0.1, -0.05) is 13.3 Å². The molecule has 1 aromatic rings. The highest BCUT2D eigenvalue weighted by molar-refractivity contribution is 6.17. The van der Waals surface area contributed by atoms with Crippen LogP contribution in [0.25, 0.3) is 0 Å². The molecule has 0 bridgehead atoms. The molecule has 0 amide bonds. The van der Waals surface area contributed by atoms with Crippen LogP contribution in [0.1, 0.15) is 49.3 Å². The second-order valence-electron chi connectivity index (χ2n) is 5.37. The van der Waals surface area contributed by atoms with Gasteiger partial charge >= 0.3 is 0 Å². The van der Waals surface area contributed by atoms with E-state index in [4.69, 9.17) is 21.1 Å². The van der Waals surface area contributed by atoms with Gasteiger partial charge in [-0.3, -0.25) is 0 Å². The Kier molecular flexibility index (Phi) is 6.15. The highest BCUT2D eigenvalue weighted by Gasteiger charge is 2.27. The van der Waals surface area contributed by atoms with E-state index in [2.05, 4.69) is 6.92 Å². The van der Waals surface area contributed by atoms with Crippen LogP contribution in [0.5, 0.6) is 11.5 Å². The topological polar surface area (TPSA) is 58.9 Å². The molecule has 0 aliphatic carbocycles. The van der Waals surface area contributed by atoms with Gasteiger partial charge in [0.25, 0.3) is 0 Å². The number of phenols is 2. The monoisotopic (exact) mass is 314 g/mol. The molecular weight excluding hydrogens is 292 g/mol. The van der Waals surface area contributed by atoms with Crippen molar-refractivity contribution in [1.82, 2.24) is 0 Å². The minimum Gasteiger partial charge on any atom is -0.504 e. The molecule has 1 aliphatic heterocycles. The van der Waals surface area contributed by atoms with Crippen LogP contribution in [-0.2, 0) is 9.47 Å². The summed E-state index contributed by atoms with van der Waals surface area (Å²) >= 11 is 5.62. The molecule has 1 aliphatic rings. The largest absolute Gasteiger partial charge is 0.504 e. The van der Waals surface area contributed by atoms with Crippen LogP contribution in [0.3, 0.4) is 0 Å². The zero-order valence-electron chi connectivity index (χ0n) is 12.3. The van der Waals surface area contributed by atoms with E-state index in [1.54, 1.807) is 12.1 Å². The van der Waals surface area contributed by atoms with Crippen molar-refractivity contribution < 1.29 is 19.7 Å². The minimum absolute atomic E-state index is 0.0721. The van der Waals surface area contributed by atoms with Gasteiger partial charge in [-0.25, -0.2) is 0 Å². The number of ether oxygens (including phenoxy) is 2. The van der Waals surface area contributed by atoms with Gasteiger partial charge in [-0.2, -0.15) is 0 Å². The van der Waals surface area contributed by atoms with Crippen molar-refractivity contribution in [1.29, 1.82) is 0 Å². The molecular formula is C16H23ClO4. The predicted molar refractivity (Wildman–Crippen MR) is 82.3 cm³/mol. The lowest BCUT2D eigenvalue weighted by molar-refractivity contribution is -0.0129. The van der Waals surface area contributed by atoms with Crippen LogP contribution < -0.4 is 0 Å². The molecule has 4 nitrogen and oxygen atoms in total. The Morgan fingerprint density at radius 3 is 2.67 bits per heavy atom. The SMILES string of the molecule is CCCC1CCOC(COCCCl)c2cc(O)c(O)cc21. The fourth-order valence-electron chi connectivity index (χ4n) is 2.87. The number of benzene rings is 1. The second-order valence-corrected chi connectivity index (χ2v) is 5.75. The third-order valence-electron chi connectivity index (χ3n) is 3.88. The molecule has 0 radical (unpaired) electrons. The molecule has 0 spiro atoms. The lowest BCUT2D eigenvalue weighted by Gasteiger charge is -2.20. The molecule has 5 heteroatoms. The van der Waals surface area contributed by atoms with Crippen LogP contribution in [-0.4, -0.2) is 35.9 Å². The van der Waals surface area contributed by atoms with Gasteiger partial charge in [0, 0.05) is 12.5 Å². The first-order valence-corrected chi connectivity index (χ1v) is 8.01. The summed E-state index contributed by atoms with van der Waals surface area (Å²) in [6, 6.07) is 3.28. The second kappa shape index (κ2) is 7.87. The number of alkyl halides is 1. The van der Waals surface area contributed by atoms with E-state index in [0.29, 0.717) is 31.6 Å². The maximum absolute atomic E-state index is 9.81. The van der Waals surface area contributed by atoms with Crippen LogP contribution in [0.4, 0.5) is 0 Å². The lowest BCUT2D eigenvalue weighted by Crippen LogP contribution is -2.13. The summed E-state index contributed by atoms with van der Waals surface area (Å²) in [6.07, 6.45) is 2.79. The Balaban J connectivity index is 2.30. The minimum atomic E-state index is -0.225. The highest BCUT2D eigenvalue weighted by atomic mass is 35.5. The molecule has 2 rings (SSSR count). The zero-order chi connectivity index (χ0) is 15.2. The number of phenolic OH excluding ortho intramolecular Hbond substituents is 2. The molecule has 2 N–H and O–H groups in total. The molecule has 2 unspecified atom stereocenters. The van der Waals surface area contributed by atoms with Crippen molar-refractivity contribution in [2.75, 3.05) is 25.7 Å². The lowest BCUT2D eigenvalue weighted by atomic mass is 9.87. The maximum atomic E-state index is 9.81. The molecule has 0 fully saturated rings. The molecule has 1 heterocycles. The number of aromatic hydroxyl groups is 2. The van der Waals surface area contributed by atoms with Crippen LogP contribution in [0.15, 0.2) is 12.1 Å². The summed E-state index contributed by atoms with van der Waals surface area (Å²) < 4.78 is 11.4. The first-order chi connectivity index (χ1) is 10.2. The molecule has 21 heavy (non-hydrogen) atoms. The Labute approximate surface area is 130 Å². The normalized spacial score (nSPS) is 21.8. The standard InChI is InChI=1S/C16H23ClO4/c1-2-3-11-4-6-21-16(10-20-7-5-17)13-9-15(19)14(18)8-12(11)13/h8-9,11,16,18-19H,2-7,10H2,1H3. The summed E-state index contributed by atoms with van der Waals surface area (Å²) in [6.45, 7) is 3.67. The summed E-state index contributed by atoms with van der Waals surface area (Å²) in [4.78, 5) is 0. The molecule has 0 saturated heterocycles. The van der Waals surface area contributed by atoms with Crippen molar-refractivity contribution in [2.45, 2.75) is 38.2 Å². The molecule has 1 aromatic carbocycles.